The Kier molecular flexibility index (Phi) is 5.17. The van der Waals surface area contributed by atoms with Crippen molar-refractivity contribution in [1.29, 1.82) is 0 Å². The summed E-state index contributed by atoms with van der Waals surface area (Å²) in [7, 11) is 1.80. The highest BCUT2D eigenvalue weighted by Gasteiger charge is 2.29. The number of aryl methyl sites for hydroxylation is 1. The van der Waals surface area contributed by atoms with E-state index in [-0.39, 0.29) is 17.7 Å². The average Bonchev–Trinajstić information content (AvgIpc) is 3.47. The van der Waals surface area contributed by atoms with Crippen LogP contribution >= 0.6 is 0 Å². The number of anilines is 1. The molecule has 4 nitrogen and oxygen atoms in total. The topological polar surface area (TPSA) is 49.4 Å². The van der Waals surface area contributed by atoms with Crippen LogP contribution in [0.4, 0.5) is 5.69 Å². The molecule has 0 aliphatic heterocycles. The van der Waals surface area contributed by atoms with Gasteiger partial charge in [0.15, 0.2) is 0 Å². The minimum Gasteiger partial charge on any atom is -0.337 e. The molecule has 0 bridgehead atoms. The van der Waals surface area contributed by atoms with Crippen LogP contribution in [0.1, 0.15) is 41.3 Å². The molecule has 0 radical (unpaired) electrons. The molecule has 0 atom stereocenters. The number of nitrogens with one attached hydrogen (secondary N) is 1. The Labute approximate surface area is 148 Å². The number of hydrogen-bond acceptors (Lipinski definition) is 2. The Balaban J connectivity index is 1.65. The minimum atomic E-state index is -0.0536. The Morgan fingerprint density at radius 3 is 2.40 bits per heavy atom. The summed E-state index contributed by atoms with van der Waals surface area (Å²) < 4.78 is 0. The van der Waals surface area contributed by atoms with Crippen LogP contribution in [0.15, 0.2) is 48.5 Å². The Bertz CT molecular complexity index is 764. The summed E-state index contributed by atoms with van der Waals surface area (Å²) in [4.78, 5) is 26.2. The monoisotopic (exact) mass is 336 g/mol. The highest BCUT2D eigenvalue weighted by Crippen LogP contribution is 2.30. The zero-order valence-corrected chi connectivity index (χ0v) is 14.8. The molecular formula is C21H24N2O2. The fraction of sp³-hybridized carbons (Fsp3) is 0.333. The molecule has 0 saturated heterocycles. The van der Waals surface area contributed by atoms with Crippen molar-refractivity contribution in [2.45, 2.75) is 32.7 Å². The Morgan fingerprint density at radius 1 is 1.08 bits per heavy atom. The quantitative estimate of drug-likeness (QED) is 0.870. The first-order valence-corrected chi connectivity index (χ1v) is 8.81. The predicted octanol–water partition coefficient (Wildman–Crippen LogP) is 3.87. The minimum absolute atomic E-state index is 0.0500. The molecule has 0 heterocycles. The van der Waals surface area contributed by atoms with Gasteiger partial charge in [0, 0.05) is 30.8 Å². The Morgan fingerprint density at radius 2 is 1.76 bits per heavy atom. The van der Waals surface area contributed by atoms with E-state index in [0.29, 0.717) is 17.8 Å². The molecule has 2 aromatic carbocycles. The molecule has 2 amide bonds. The van der Waals surface area contributed by atoms with Crippen molar-refractivity contribution in [3.63, 3.8) is 0 Å². The summed E-state index contributed by atoms with van der Waals surface area (Å²) in [5, 5.41) is 2.89. The summed E-state index contributed by atoms with van der Waals surface area (Å²) in [6.07, 6.45) is 2.93. The molecule has 1 fully saturated rings. The molecule has 1 N–H and O–H groups in total. The van der Waals surface area contributed by atoms with Gasteiger partial charge in [0.05, 0.1) is 0 Å². The lowest BCUT2D eigenvalue weighted by atomic mass is 10.1. The third kappa shape index (κ3) is 4.47. The second-order valence-electron chi connectivity index (χ2n) is 6.68. The maximum atomic E-state index is 12.7. The van der Waals surface area contributed by atoms with Gasteiger partial charge < -0.3 is 10.2 Å². The van der Waals surface area contributed by atoms with Crippen LogP contribution < -0.4 is 5.32 Å². The number of benzene rings is 2. The molecule has 25 heavy (non-hydrogen) atoms. The molecule has 0 unspecified atom stereocenters. The SMILES string of the molecule is CCc1ccc(CN(C)C(=O)c2cccc(NC(=O)C3CC3)c2)cc1. The standard InChI is InChI=1S/C21H24N2O2/c1-3-15-7-9-16(10-8-15)14-23(2)21(25)18-5-4-6-19(13-18)22-20(24)17-11-12-17/h4-10,13,17H,3,11-12,14H2,1-2H3,(H,22,24). The maximum absolute atomic E-state index is 12.7. The van der Waals surface area contributed by atoms with E-state index >= 15 is 0 Å². The van der Waals surface area contributed by atoms with Gasteiger partial charge >= 0.3 is 0 Å². The van der Waals surface area contributed by atoms with Crippen LogP contribution in [0.2, 0.25) is 0 Å². The van der Waals surface area contributed by atoms with Gasteiger partial charge in [-0.1, -0.05) is 37.3 Å². The summed E-state index contributed by atoms with van der Waals surface area (Å²) >= 11 is 0. The second-order valence-corrected chi connectivity index (χ2v) is 6.68. The smallest absolute Gasteiger partial charge is 0.253 e. The third-order valence-electron chi connectivity index (χ3n) is 4.52. The first kappa shape index (κ1) is 17.2. The molecular weight excluding hydrogens is 312 g/mol. The van der Waals surface area contributed by atoms with Crippen molar-refractivity contribution in [3.8, 4) is 0 Å². The highest BCUT2D eigenvalue weighted by atomic mass is 16.2. The van der Waals surface area contributed by atoms with E-state index in [9.17, 15) is 9.59 Å². The predicted molar refractivity (Wildman–Crippen MR) is 99.4 cm³/mol. The van der Waals surface area contributed by atoms with Crippen molar-refractivity contribution in [1.82, 2.24) is 4.90 Å². The van der Waals surface area contributed by atoms with E-state index in [1.54, 1.807) is 30.1 Å². The van der Waals surface area contributed by atoms with Crippen molar-refractivity contribution in [3.05, 3.63) is 65.2 Å². The Hall–Kier alpha value is -2.62. The average molecular weight is 336 g/mol. The van der Waals surface area contributed by atoms with E-state index in [2.05, 4.69) is 36.5 Å². The number of amides is 2. The lowest BCUT2D eigenvalue weighted by Gasteiger charge is -2.18. The van der Waals surface area contributed by atoms with E-state index in [4.69, 9.17) is 0 Å². The normalized spacial score (nSPS) is 13.4. The summed E-state index contributed by atoms with van der Waals surface area (Å²) in [6, 6.07) is 15.5. The summed E-state index contributed by atoms with van der Waals surface area (Å²) in [5.74, 6) is 0.143. The zero-order valence-electron chi connectivity index (χ0n) is 14.8. The fourth-order valence-electron chi connectivity index (χ4n) is 2.77. The number of carbonyl (C=O) groups is 2. The van der Waals surface area contributed by atoms with E-state index < -0.39 is 0 Å². The van der Waals surface area contributed by atoms with Crippen LogP contribution in [0.25, 0.3) is 0 Å². The van der Waals surface area contributed by atoms with Crippen LogP contribution in [-0.2, 0) is 17.8 Å². The molecule has 4 heteroatoms. The second kappa shape index (κ2) is 7.51. The lowest BCUT2D eigenvalue weighted by Crippen LogP contribution is -2.26. The molecule has 0 aromatic heterocycles. The van der Waals surface area contributed by atoms with E-state index in [1.165, 1.54) is 5.56 Å². The molecule has 1 aliphatic rings. The van der Waals surface area contributed by atoms with Crippen molar-refractivity contribution >= 4 is 17.5 Å². The van der Waals surface area contributed by atoms with E-state index in [0.717, 1.165) is 24.8 Å². The number of hydrogen-bond donors (Lipinski definition) is 1. The van der Waals surface area contributed by atoms with E-state index in [1.807, 2.05) is 6.07 Å². The van der Waals surface area contributed by atoms with Crippen molar-refractivity contribution in [2.75, 3.05) is 12.4 Å². The van der Waals surface area contributed by atoms with Crippen LogP contribution in [0, 0.1) is 5.92 Å². The lowest BCUT2D eigenvalue weighted by molar-refractivity contribution is -0.117. The highest BCUT2D eigenvalue weighted by molar-refractivity contribution is 5.98. The zero-order chi connectivity index (χ0) is 17.8. The van der Waals surface area contributed by atoms with Crippen molar-refractivity contribution in [2.24, 2.45) is 5.92 Å². The first-order valence-electron chi connectivity index (χ1n) is 8.81. The molecule has 3 rings (SSSR count). The first-order chi connectivity index (χ1) is 12.1. The van der Waals surface area contributed by atoms with Gasteiger partial charge in [0.1, 0.15) is 0 Å². The van der Waals surface area contributed by atoms with Crippen LogP contribution in [-0.4, -0.2) is 23.8 Å². The number of nitrogens with zero attached hydrogens (tertiary/aromatic N) is 1. The van der Waals surface area contributed by atoms with Gasteiger partial charge in [0.25, 0.3) is 5.91 Å². The van der Waals surface area contributed by atoms with Gasteiger partial charge in [0.2, 0.25) is 5.91 Å². The molecule has 1 saturated carbocycles. The number of rotatable bonds is 6. The molecule has 130 valence electrons. The molecule has 2 aromatic rings. The van der Waals surface area contributed by atoms with Crippen molar-refractivity contribution < 1.29 is 9.59 Å². The van der Waals surface area contributed by atoms with Crippen LogP contribution in [0.5, 0.6) is 0 Å². The van der Waals surface area contributed by atoms with Gasteiger partial charge in [-0.15, -0.1) is 0 Å². The fourth-order valence-corrected chi connectivity index (χ4v) is 2.77. The van der Waals surface area contributed by atoms with Gasteiger partial charge in [-0.25, -0.2) is 0 Å². The van der Waals surface area contributed by atoms with Gasteiger partial charge in [-0.2, -0.15) is 0 Å². The summed E-state index contributed by atoms with van der Waals surface area (Å²) in [6.45, 7) is 2.68. The third-order valence-corrected chi connectivity index (χ3v) is 4.52. The maximum Gasteiger partial charge on any atom is 0.253 e. The van der Waals surface area contributed by atoms with Gasteiger partial charge in [-0.05, 0) is 48.6 Å². The number of carbonyl (C=O) groups excluding carboxylic acids is 2. The van der Waals surface area contributed by atoms with Gasteiger partial charge in [-0.3, -0.25) is 9.59 Å². The largest absolute Gasteiger partial charge is 0.337 e. The molecule has 0 spiro atoms. The van der Waals surface area contributed by atoms with Crippen LogP contribution in [0.3, 0.4) is 0 Å². The molecule has 1 aliphatic carbocycles. The summed E-state index contributed by atoms with van der Waals surface area (Å²) in [5.41, 5.74) is 3.66.